The number of benzene rings is 1. The molecular formula is C16H16O4S. The van der Waals surface area contributed by atoms with Crippen LogP contribution in [0.15, 0.2) is 35.2 Å². The van der Waals surface area contributed by atoms with Crippen LogP contribution >= 0.6 is 11.8 Å². The average Bonchev–Trinajstić information content (AvgIpc) is 3.11. The van der Waals surface area contributed by atoms with E-state index in [4.69, 9.17) is 9.47 Å². The van der Waals surface area contributed by atoms with Crippen molar-refractivity contribution in [1.82, 2.24) is 0 Å². The lowest BCUT2D eigenvalue weighted by Gasteiger charge is -2.29. The van der Waals surface area contributed by atoms with Crippen LogP contribution in [-0.2, 0) is 19.1 Å². The van der Waals surface area contributed by atoms with Gasteiger partial charge in [0.05, 0.1) is 24.2 Å². The van der Waals surface area contributed by atoms with Crippen LogP contribution in [-0.4, -0.2) is 30.4 Å². The quantitative estimate of drug-likeness (QED) is 0.801. The Morgan fingerprint density at radius 3 is 2.76 bits per heavy atom. The molecule has 21 heavy (non-hydrogen) atoms. The summed E-state index contributed by atoms with van der Waals surface area (Å²) >= 11 is 1.72. The molecule has 1 saturated heterocycles. The Morgan fingerprint density at radius 2 is 2.05 bits per heavy atom. The minimum absolute atomic E-state index is 0.0430. The second-order valence-corrected chi connectivity index (χ2v) is 7.19. The van der Waals surface area contributed by atoms with E-state index in [-0.39, 0.29) is 47.0 Å². The summed E-state index contributed by atoms with van der Waals surface area (Å²) < 4.78 is 10.5. The van der Waals surface area contributed by atoms with Gasteiger partial charge in [-0.25, -0.2) is 0 Å². The van der Waals surface area contributed by atoms with Gasteiger partial charge in [-0.1, -0.05) is 18.2 Å². The molecule has 4 rings (SSSR count). The van der Waals surface area contributed by atoms with Crippen molar-refractivity contribution in [2.45, 2.75) is 22.7 Å². The van der Waals surface area contributed by atoms with E-state index in [2.05, 4.69) is 12.1 Å². The number of fused-ring (bicyclic) bond motifs is 1. The van der Waals surface area contributed by atoms with Gasteiger partial charge in [0.25, 0.3) is 0 Å². The van der Waals surface area contributed by atoms with Crippen LogP contribution in [0.2, 0.25) is 0 Å². The van der Waals surface area contributed by atoms with E-state index < -0.39 is 0 Å². The molecule has 1 aromatic rings. The van der Waals surface area contributed by atoms with Crippen molar-refractivity contribution >= 4 is 23.7 Å². The summed E-state index contributed by atoms with van der Waals surface area (Å²) in [6.45, 7) is 0. The molecule has 6 atom stereocenters. The summed E-state index contributed by atoms with van der Waals surface area (Å²) in [7, 11) is 1.39. The van der Waals surface area contributed by atoms with Gasteiger partial charge in [-0.05, 0) is 24.5 Å². The first-order chi connectivity index (χ1) is 10.2. The highest BCUT2D eigenvalue weighted by molar-refractivity contribution is 8.00. The zero-order chi connectivity index (χ0) is 14.6. The van der Waals surface area contributed by atoms with E-state index in [1.807, 2.05) is 18.2 Å². The Hall–Kier alpha value is -1.49. The fourth-order valence-electron chi connectivity index (χ4n) is 4.26. The van der Waals surface area contributed by atoms with Gasteiger partial charge < -0.3 is 9.47 Å². The number of carbonyl (C=O) groups is 2. The molecule has 0 unspecified atom stereocenters. The second kappa shape index (κ2) is 4.77. The molecule has 0 amide bonds. The Bertz CT molecular complexity index is 587. The third-order valence-corrected chi connectivity index (χ3v) is 6.47. The van der Waals surface area contributed by atoms with Crippen LogP contribution in [0.1, 0.15) is 6.42 Å². The number of methoxy groups -OCH3 is 1. The highest BCUT2D eigenvalue weighted by Gasteiger charge is 2.68. The van der Waals surface area contributed by atoms with Gasteiger partial charge in [0, 0.05) is 10.8 Å². The van der Waals surface area contributed by atoms with Crippen LogP contribution in [0.3, 0.4) is 0 Å². The molecule has 1 heterocycles. The van der Waals surface area contributed by atoms with Crippen molar-refractivity contribution in [2.75, 3.05) is 7.11 Å². The summed E-state index contributed by atoms with van der Waals surface area (Å²) in [5.41, 5.74) is 0. The molecule has 0 N–H and O–H groups in total. The van der Waals surface area contributed by atoms with Gasteiger partial charge >= 0.3 is 11.9 Å². The topological polar surface area (TPSA) is 52.6 Å². The van der Waals surface area contributed by atoms with E-state index in [0.717, 1.165) is 11.3 Å². The van der Waals surface area contributed by atoms with Crippen molar-refractivity contribution in [3.05, 3.63) is 30.3 Å². The lowest BCUT2D eigenvalue weighted by atomic mass is 9.80. The van der Waals surface area contributed by atoms with Crippen molar-refractivity contribution in [1.29, 1.82) is 0 Å². The number of carbonyl (C=O) groups excluding carboxylic acids is 2. The van der Waals surface area contributed by atoms with Crippen molar-refractivity contribution < 1.29 is 19.1 Å². The Labute approximate surface area is 127 Å². The number of hydrogen-bond donors (Lipinski definition) is 0. The predicted molar refractivity (Wildman–Crippen MR) is 76.6 cm³/mol. The third-order valence-electron chi connectivity index (χ3n) is 5.03. The van der Waals surface area contributed by atoms with Gasteiger partial charge in [0.15, 0.2) is 0 Å². The smallest absolute Gasteiger partial charge is 0.310 e. The fraction of sp³-hybridized carbons (Fsp3) is 0.500. The molecular weight excluding hydrogens is 288 g/mol. The molecule has 4 nitrogen and oxygen atoms in total. The molecule has 2 aliphatic carbocycles. The molecule has 110 valence electrons. The highest BCUT2D eigenvalue weighted by atomic mass is 32.2. The maximum Gasteiger partial charge on any atom is 0.310 e. The van der Waals surface area contributed by atoms with E-state index in [1.54, 1.807) is 11.8 Å². The molecule has 0 aromatic heterocycles. The molecule has 2 saturated carbocycles. The lowest BCUT2D eigenvalue weighted by molar-refractivity contribution is -0.153. The molecule has 1 aromatic carbocycles. The van der Waals surface area contributed by atoms with Gasteiger partial charge in [0.2, 0.25) is 0 Å². The molecule has 3 aliphatic rings. The minimum Gasteiger partial charge on any atom is -0.469 e. The van der Waals surface area contributed by atoms with Crippen LogP contribution < -0.4 is 0 Å². The van der Waals surface area contributed by atoms with Crippen LogP contribution in [0.25, 0.3) is 0 Å². The van der Waals surface area contributed by atoms with E-state index in [0.29, 0.717) is 0 Å². The second-order valence-electron chi connectivity index (χ2n) is 5.94. The number of ether oxygens (including phenoxy) is 2. The van der Waals surface area contributed by atoms with Crippen LogP contribution in [0.4, 0.5) is 0 Å². The Kier molecular flexibility index (Phi) is 2.99. The lowest BCUT2D eigenvalue weighted by Crippen LogP contribution is -2.39. The van der Waals surface area contributed by atoms with Crippen molar-refractivity contribution in [3.63, 3.8) is 0 Å². The molecule has 1 aliphatic heterocycles. The summed E-state index contributed by atoms with van der Waals surface area (Å²) in [6.07, 6.45) is 0.851. The summed E-state index contributed by atoms with van der Waals surface area (Å²) in [5.74, 6) is -0.711. The standard InChI is InChI=1S/C16H16O4S/c1-19-15(17)12-10-7-9-11(12)16(18)20-13(9)14(10)21-8-5-3-2-4-6-8/h2-6,9-14H,7H2,1H3/t9-,10-,11-,12-,13+,14+/m1/s1. The number of hydrogen-bond acceptors (Lipinski definition) is 5. The number of rotatable bonds is 3. The van der Waals surface area contributed by atoms with Gasteiger partial charge in [-0.2, -0.15) is 0 Å². The van der Waals surface area contributed by atoms with E-state index >= 15 is 0 Å². The summed E-state index contributed by atoms with van der Waals surface area (Å²) in [4.78, 5) is 25.3. The summed E-state index contributed by atoms with van der Waals surface area (Å²) in [5, 5.41) is 0.157. The normalized spacial score (nSPS) is 39.4. The predicted octanol–water partition coefficient (Wildman–Crippen LogP) is 2.13. The molecule has 0 radical (unpaired) electrons. The van der Waals surface area contributed by atoms with Gasteiger partial charge in [-0.15, -0.1) is 11.8 Å². The number of thioether (sulfide) groups is 1. The summed E-state index contributed by atoms with van der Waals surface area (Å²) in [6, 6.07) is 10.1. The Morgan fingerprint density at radius 1 is 1.29 bits per heavy atom. The molecule has 3 fully saturated rings. The van der Waals surface area contributed by atoms with Crippen molar-refractivity contribution in [3.8, 4) is 0 Å². The molecule has 2 bridgehead atoms. The van der Waals surface area contributed by atoms with Crippen molar-refractivity contribution in [2.24, 2.45) is 23.7 Å². The molecule has 5 heteroatoms. The maximum atomic E-state index is 12.1. The number of esters is 2. The largest absolute Gasteiger partial charge is 0.469 e. The monoisotopic (exact) mass is 304 g/mol. The van der Waals surface area contributed by atoms with Gasteiger partial charge in [-0.3, -0.25) is 9.59 Å². The average molecular weight is 304 g/mol. The van der Waals surface area contributed by atoms with Gasteiger partial charge in [0.1, 0.15) is 6.10 Å². The van der Waals surface area contributed by atoms with Crippen LogP contribution in [0.5, 0.6) is 0 Å². The molecule has 0 spiro atoms. The highest BCUT2D eigenvalue weighted by Crippen LogP contribution is 2.61. The first kappa shape index (κ1) is 13.2. The van der Waals surface area contributed by atoms with E-state index in [1.165, 1.54) is 7.11 Å². The third kappa shape index (κ3) is 1.83. The van der Waals surface area contributed by atoms with Crippen LogP contribution in [0, 0.1) is 23.7 Å². The first-order valence-electron chi connectivity index (χ1n) is 7.20. The fourth-order valence-corrected chi connectivity index (χ4v) is 5.74. The maximum absolute atomic E-state index is 12.1. The van der Waals surface area contributed by atoms with E-state index in [9.17, 15) is 9.59 Å². The zero-order valence-corrected chi connectivity index (χ0v) is 12.4. The Balaban J connectivity index is 1.64. The SMILES string of the molecule is COC(=O)[C@@H]1[C@H]2C[C@H]3[C@H](OC(=O)[C@H]31)[C@H]2Sc1ccccc1. The minimum atomic E-state index is -0.326. The zero-order valence-electron chi connectivity index (χ0n) is 11.6. The first-order valence-corrected chi connectivity index (χ1v) is 8.08.